The number of hydrogen-bond donors (Lipinski definition) is 2. The van der Waals surface area contributed by atoms with Crippen LogP contribution in [-0.2, 0) is 0 Å². The highest BCUT2D eigenvalue weighted by atomic mass is 15.1. The zero-order valence-electron chi connectivity index (χ0n) is 6.22. The molecule has 0 saturated heterocycles. The maximum Gasteiger partial charge on any atom is 0.0262 e. The summed E-state index contributed by atoms with van der Waals surface area (Å²) >= 11 is 0. The van der Waals surface area contributed by atoms with E-state index >= 15 is 0 Å². The molecule has 0 amide bonds. The minimum absolute atomic E-state index is 0.829. The number of nitrogens with two attached hydrogens (primary N) is 1. The van der Waals surface area contributed by atoms with Crippen LogP contribution in [0.2, 0.25) is 0 Å². The normalized spacial score (nSPS) is 21.3. The number of nitrogens with one attached hydrogen (secondary N) is 1. The molecular weight excluding hydrogens is 126 g/mol. The van der Waals surface area contributed by atoms with Gasteiger partial charge in [-0.15, -0.1) is 0 Å². The van der Waals surface area contributed by atoms with E-state index in [4.69, 9.17) is 11.1 Å². The van der Waals surface area contributed by atoms with Crippen LogP contribution in [0.3, 0.4) is 0 Å². The predicted octanol–water partition coefficient (Wildman–Crippen LogP) is 0.184. The van der Waals surface area contributed by atoms with Crippen LogP contribution in [0.15, 0.2) is 11.3 Å². The van der Waals surface area contributed by atoms with E-state index in [2.05, 4.69) is 4.90 Å². The van der Waals surface area contributed by atoms with Gasteiger partial charge >= 0.3 is 0 Å². The molecule has 56 valence electrons. The van der Waals surface area contributed by atoms with Crippen LogP contribution in [0.4, 0.5) is 0 Å². The molecule has 3 N–H and O–H groups in total. The molecule has 3 nitrogen and oxygen atoms in total. The topological polar surface area (TPSA) is 53.1 Å². The second-order valence-corrected chi connectivity index (χ2v) is 2.68. The molecule has 0 spiro atoms. The van der Waals surface area contributed by atoms with Gasteiger partial charge in [-0.3, -0.25) is 0 Å². The molecule has 0 radical (unpaired) electrons. The fraction of sp³-hybridized carbons (Fsp3) is 0.571. The molecule has 0 aliphatic carbocycles. The fourth-order valence-corrected chi connectivity index (χ4v) is 1.08. The van der Waals surface area contributed by atoms with Crippen molar-refractivity contribution in [2.45, 2.75) is 6.42 Å². The Hall–Kier alpha value is -0.830. The van der Waals surface area contributed by atoms with Gasteiger partial charge in [0.05, 0.1) is 0 Å². The Bertz CT molecular complexity index is 172. The highest BCUT2D eigenvalue weighted by molar-refractivity contribution is 5.77. The van der Waals surface area contributed by atoms with Crippen LogP contribution in [0, 0.1) is 5.41 Å². The molecule has 0 fully saturated rings. The van der Waals surface area contributed by atoms with E-state index in [1.54, 1.807) is 0 Å². The lowest BCUT2D eigenvalue weighted by atomic mass is 10.1. The molecule has 0 unspecified atom stereocenters. The second-order valence-electron chi connectivity index (χ2n) is 2.68. The van der Waals surface area contributed by atoms with Crippen LogP contribution >= 0.6 is 0 Å². The van der Waals surface area contributed by atoms with Crippen molar-refractivity contribution in [3.8, 4) is 0 Å². The standard InChI is InChI=1S/C7H13N3/c1-10-3-2-7(9)6(4-8)5-10/h4,8H,2-3,5,9H2,1H3. The monoisotopic (exact) mass is 139 g/mol. The summed E-state index contributed by atoms with van der Waals surface area (Å²) in [6.07, 6.45) is 2.26. The highest BCUT2D eigenvalue weighted by Crippen LogP contribution is 2.09. The molecule has 1 aliphatic heterocycles. The smallest absolute Gasteiger partial charge is 0.0262 e. The summed E-state index contributed by atoms with van der Waals surface area (Å²) < 4.78 is 0. The zero-order valence-corrected chi connectivity index (χ0v) is 6.22. The Morgan fingerprint density at radius 1 is 1.70 bits per heavy atom. The maximum atomic E-state index is 7.03. The van der Waals surface area contributed by atoms with Gasteiger partial charge in [-0.1, -0.05) is 0 Å². The van der Waals surface area contributed by atoms with Crippen LogP contribution in [0.25, 0.3) is 0 Å². The lowest BCUT2D eigenvalue weighted by Crippen LogP contribution is -2.30. The van der Waals surface area contributed by atoms with Gasteiger partial charge in [-0.2, -0.15) is 0 Å². The summed E-state index contributed by atoms with van der Waals surface area (Å²) in [4.78, 5) is 2.16. The van der Waals surface area contributed by atoms with Crippen LogP contribution in [-0.4, -0.2) is 31.3 Å². The Morgan fingerprint density at radius 3 is 2.90 bits per heavy atom. The number of rotatable bonds is 1. The van der Waals surface area contributed by atoms with Gasteiger partial charge in [0.25, 0.3) is 0 Å². The summed E-state index contributed by atoms with van der Waals surface area (Å²) in [5.41, 5.74) is 7.50. The number of likely N-dealkylation sites (N-methyl/N-ethyl adjacent to an activating group) is 1. The Labute approximate surface area is 61.0 Å². The van der Waals surface area contributed by atoms with Crippen LogP contribution < -0.4 is 5.73 Å². The predicted molar refractivity (Wildman–Crippen MR) is 42.1 cm³/mol. The van der Waals surface area contributed by atoms with E-state index in [0.717, 1.165) is 30.8 Å². The van der Waals surface area contributed by atoms with Crippen molar-refractivity contribution in [2.24, 2.45) is 5.73 Å². The minimum Gasteiger partial charge on any atom is -0.402 e. The summed E-state index contributed by atoms with van der Waals surface area (Å²) in [6.45, 7) is 1.85. The lowest BCUT2D eigenvalue weighted by Gasteiger charge is -2.23. The molecule has 0 saturated carbocycles. The zero-order chi connectivity index (χ0) is 7.56. The first-order chi connectivity index (χ1) is 4.74. The van der Waals surface area contributed by atoms with Crippen molar-refractivity contribution in [2.75, 3.05) is 20.1 Å². The van der Waals surface area contributed by atoms with Crippen molar-refractivity contribution in [3.63, 3.8) is 0 Å². The van der Waals surface area contributed by atoms with Gasteiger partial charge in [-0.25, -0.2) is 0 Å². The Balaban J connectivity index is 2.71. The molecule has 10 heavy (non-hydrogen) atoms. The van der Waals surface area contributed by atoms with Gasteiger partial charge in [0.15, 0.2) is 0 Å². The van der Waals surface area contributed by atoms with Gasteiger partial charge in [0.1, 0.15) is 0 Å². The second kappa shape index (κ2) is 2.84. The molecule has 1 rings (SSSR count). The third-order valence-electron chi connectivity index (χ3n) is 1.79. The summed E-state index contributed by atoms with van der Waals surface area (Å²) in [5.74, 6) is 0. The largest absolute Gasteiger partial charge is 0.402 e. The van der Waals surface area contributed by atoms with Crippen molar-refractivity contribution in [3.05, 3.63) is 11.3 Å². The van der Waals surface area contributed by atoms with E-state index in [1.165, 1.54) is 6.21 Å². The fourth-order valence-electron chi connectivity index (χ4n) is 1.08. The first kappa shape index (κ1) is 7.28. The average Bonchev–Trinajstić information content (AvgIpc) is 1.94. The lowest BCUT2D eigenvalue weighted by molar-refractivity contribution is 0.353. The third-order valence-corrected chi connectivity index (χ3v) is 1.79. The highest BCUT2D eigenvalue weighted by Gasteiger charge is 2.11. The molecule has 0 atom stereocenters. The van der Waals surface area contributed by atoms with E-state index in [0.29, 0.717) is 0 Å². The van der Waals surface area contributed by atoms with Gasteiger partial charge < -0.3 is 16.0 Å². The van der Waals surface area contributed by atoms with Crippen molar-refractivity contribution < 1.29 is 0 Å². The van der Waals surface area contributed by atoms with E-state index in [-0.39, 0.29) is 0 Å². The van der Waals surface area contributed by atoms with Gasteiger partial charge in [0.2, 0.25) is 0 Å². The van der Waals surface area contributed by atoms with E-state index in [1.807, 2.05) is 7.05 Å². The summed E-state index contributed by atoms with van der Waals surface area (Å²) in [5, 5.41) is 7.03. The summed E-state index contributed by atoms with van der Waals surface area (Å²) in [6, 6.07) is 0. The quantitative estimate of drug-likeness (QED) is 0.509. The van der Waals surface area contributed by atoms with Crippen molar-refractivity contribution in [1.82, 2.24) is 4.90 Å². The number of nitrogens with zero attached hydrogens (tertiary/aromatic N) is 1. The molecule has 0 aromatic heterocycles. The Morgan fingerprint density at radius 2 is 2.40 bits per heavy atom. The molecule has 0 aromatic carbocycles. The molecule has 0 bridgehead atoms. The van der Waals surface area contributed by atoms with E-state index in [9.17, 15) is 0 Å². The molecule has 1 heterocycles. The van der Waals surface area contributed by atoms with Crippen LogP contribution in [0.5, 0.6) is 0 Å². The van der Waals surface area contributed by atoms with Gasteiger partial charge in [0, 0.05) is 37.0 Å². The van der Waals surface area contributed by atoms with Crippen molar-refractivity contribution >= 4 is 6.21 Å². The number of hydrogen-bond acceptors (Lipinski definition) is 3. The first-order valence-electron chi connectivity index (χ1n) is 3.40. The molecule has 3 heteroatoms. The SMILES string of the molecule is CN1CCC(N)=C(C=N)C1. The minimum atomic E-state index is 0.829. The van der Waals surface area contributed by atoms with E-state index < -0.39 is 0 Å². The summed E-state index contributed by atoms with van der Waals surface area (Å²) in [7, 11) is 2.04. The molecule has 0 aromatic rings. The Kier molecular flexibility index (Phi) is 2.06. The maximum absolute atomic E-state index is 7.03. The van der Waals surface area contributed by atoms with Gasteiger partial charge in [-0.05, 0) is 7.05 Å². The molecule has 1 aliphatic rings. The third kappa shape index (κ3) is 1.36. The molecular formula is C7H13N3. The average molecular weight is 139 g/mol. The van der Waals surface area contributed by atoms with Crippen molar-refractivity contribution in [1.29, 1.82) is 5.41 Å². The van der Waals surface area contributed by atoms with Crippen LogP contribution in [0.1, 0.15) is 6.42 Å². The first-order valence-corrected chi connectivity index (χ1v) is 3.40.